The van der Waals surface area contributed by atoms with Gasteiger partial charge in [0.1, 0.15) is 5.69 Å². The van der Waals surface area contributed by atoms with Gasteiger partial charge in [-0.1, -0.05) is 0 Å². The number of hydrogen-bond donors (Lipinski definition) is 1. The lowest BCUT2D eigenvalue weighted by Crippen LogP contribution is -2.26. The van der Waals surface area contributed by atoms with Crippen LogP contribution >= 0.6 is 0 Å². The molecule has 0 radical (unpaired) electrons. The molecule has 1 aromatic rings. The van der Waals surface area contributed by atoms with Crippen molar-refractivity contribution in [3.05, 3.63) is 29.1 Å². The molecule has 1 rings (SSSR count). The highest BCUT2D eigenvalue weighted by molar-refractivity contribution is 5.76. The van der Waals surface area contributed by atoms with Crippen molar-refractivity contribution in [1.29, 1.82) is 0 Å². The van der Waals surface area contributed by atoms with Gasteiger partial charge in [-0.2, -0.15) is 8.78 Å². The average molecular weight is 201 g/mol. The second-order valence-corrected chi connectivity index (χ2v) is 3.05. The predicted octanol–water partition coefficient (Wildman–Crippen LogP) is 1.87. The Labute approximate surface area is 79.4 Å². The van der Waals surface area contributed by atoms with Gasteiger partial charge in [0.25, 0.3) is 0 Å². The summed E-state index contributed by atoms with van der Waals surface area (Å²) in [5.41, 5.74) is 0.219. The Balaban J connectivity index is 3.25. The summed E-state index contributed by atoms with van der Waals surface area (Å²) in [5, 5.41) is 8.29. The minimum absolute atomic E-state index is 0.376. The molecule has 0 atom stereocenters. The number of aryl methyl sites for hydroxylation is 2. The molecule has 0 aliphatic carbocycles. The molecule has 0 unspecified atom stereocenters. The van der Waals surface area contributed by atoms with Gasteiger partial charge in [0.05, 0.1) is 0 Å². The summed E-state index contributed by atoms with van der Waals surface area (Å²) >= 11 is 0. The van der Waals surface area contributed by atoms with Gasteiger partial charge >= 0.3 is 11.9 Å². The number of rotatable bonds is 2. The van der Waals surface area contributed by atoms with Crippen molar-refractivity contribution in [2.45, 2.75) is 19.8 Å². The molecule has 0 saturated heterocycles. The van der Waals surface area contributed by atoms with Gasteiger partial charge in [0, 0.05) is 5.69 Å². The summed E-state index contributed by atoms with van der Waals surface area (Å²) in [5.74, 6) is -6.11. The Morgan fingerprint density at radius 3 is 2.43 bits per heavy atom. The van der Waals surface area contributed by atoms with Crippen LogP contribution < -0.4 is 0 Å². The minimum atomic E-state index is -3.92. The lowest BCUT2D eigenvalue weighted by molar-refractivity contribution is -0.166. The largest absolute Gasteiger partial charge is 0.476 e. The van der Waals surface area contributed by atoms with E-state index < -0.39 is 17.6 Å². The highest BCUT2D eigenvalue weighted by Crippen LogP contribution is 2.27. The first kappa shape index (κ1) is 10.6. The standard InChI is InChI=1S/C9H9F2NO2/c1-5-3-6(2)12-7(4-5)9(10,11)8(13)14/h3-4H,1-2H3,(H,13,14). The first-order valence-electron chi connectivity index (χ1n) is 3.91. The minimum Gasteiger partial charge on any atom is -0.476 e. The molecule has 1 N–H and O–H groups in total. The zero-order valence-electron chi connectivity index (χ0n) is 7.71. The molecule has 3 nitrogen and oxygen atoms in total. The molecule has 76 valence electrons. The Bertz CT molecular complexity index is 357. The number of carbonyl (C=O) groups is 1. The second-order valence-electron chi connectivity index (χ2n) is 3.05. The van der Waals surface area contributed by atoms with Gasteiger partial charge in [-0.05, 0) is 31.5 Å². The van der Waals surface area contributed by atoms with Gasteiger partial charge in [0.2, 0.25) is 0 Å². The zero-order valence-corrected chi connectivity index (χ0v) is 7.71. The van der Waals surface area contributed by atoms with Crippen molar-refractivity contribution in [3.63, 3.8) is 0 Å². The van der Waals surface area contributed by atoms with Crippen LogP contribution in [-0.2, 0) is 10.7 Å². The number of hydrogen-bond acceptors (Lipinski definition) is 2. The average Bonchev–Trinajstić information content (AvgIpc) is 2.01. The molecule has 0 amide bonds. The first-order valence-corrected chi connectivity index (χ1v) is 3.91. The molecule has 1 heterocycles. The maximum absolute atomic E-state index is 13.0. The van der Waals surface area contributed by atoms with Crippen LogP contribution in [-0.4, -0.2) is 16.1 Å². The fraction of sp³-hybridized carbons (Fsp3) is 0.333. The van der Waals surface area contributed by atoms with Crippen LogP contribution in [0.2, 0.25) is 0 Å². The van der Waals surface area contributed by atoms with E-state index >= 15 is 0 Å². The third-order valence-electron chi connectivity index (χ3n) is 1.69. The molecule has 14 heavy (non-hydrogen) atoms. The van der Waals surface area contributed by atoms with Crippen LogP contribution in [0.15, 0.2) is 12.1 Å². The summed E-state index contributed by atoms with van der Waals surface area (Å²) in [7, 11) is 0. The Morgan fingerprint density at radius 1 is 1.43 bits per heavy atom. The van der Waals surface area contributed by atoms with Crippen molar-refractivity contribution in [3.8, 4) is 0 Å². The van der Waals surface area contributed by atoms with Gasteiger partial charge in [0.15, 0.2) is 0 Å². The van der Waals surface area contributed by atoms with Gasteiger partial charge in [-0.15, -0.1) is 0 Å². The Kier molecular flexibility index (Phi) is 2.51. The van der Waals surface area contributed by atoms with Crippen LogP contribution in [0.4, 0.5) is 8.78 Å². The highest BCUT2D eigenvalue weighted by atomic mass is 19.3. The smallest absolute Gasteiger partial charge is 0.384 e. The first-order chi connectivity index (χ1) is 6.34. The third kappa shape index (κ3) is 1.86. The zero-order chi connectivity index (χ0) is 10.9. The van der Waals surface area contributed by atoms with Crippen molar-refractivity contribution >= 4 is 5.97 Å². The van der Waals surface area contributed by atoms with Crippen LogP contribution in [0.5, 0.6) is 0 Å². The normalized spacial score (nSPS) is 11.4. The molecule has 0 aliphatic rings. The van der Waals surface area contributed by atoms with E-state index in [0.717, 1.165) is 6.07 Å². The quantitative estimate of drug-likeness (QED) is 0.794. The molecule has 0 saturated carbocycles. The van der Waals surface area contributed by atoms with Gasteiger partial charge < -0.3 is 5.11 Å². The van der Waals surface area contributed by atoms with E-state index in [-0.39, 0.29) is 0 Å². The fourth-order valence-corrected chi connectivity index (χ4v) is 1.11. The van der Waals surface area contributed by atoms with E-state index in [2.05, 4.69) is 4.98 Å². The summed E-state index contributed by atoms with van der Waals surface area (Å²) in [6, 6.07) is 2.67. The predicted molar refractivity (Wildman–Crippen MR) is 45.2 cm³/mol. The maximum Gasteiger partial charge on any atom is 0.384 e. The van der Waals surface area contributed by atoms with E-state index in [0.29, 0.717) is 11.3 Å². The molecule has 0 fully saturated rings. The number of nitrogens with zero attached hydrogens (tertiary/aromatic N) is 1. The Morgan fingerprint density at radius 2 is 2.00 bits per heavy atom. The number of aliphatic carboxylic acids is 1. The lowest BCUT2D eigenvalue weighted by Gasteiger charge is -2.11. The molecular formula is C9H9F2NO2. The molecule has 0 spiro atoms. The lowest BCUT2D eigenvalue weighted by atomic mass is 10.1. The number of alkyl halides is 2. The number of carboxylic acid groups (broad SMARTS) is 1. The topological polar surface area (TPSA) is 50.2 Å². The molecule has 0 aromatic carbocycles. The van der Waals surface area contributed by atoms with Gasteiger partial charge in [-0.25, -0.2) is 4.79 Å². The van der Waals surface area contributed by atoms with E-state index in [1.165, 1.54) is 6.92 Å². The molecule has 0 aliphatic heterocycles. The number of pyridine rings is 1. The van der Waals surface area contributed by atoms with Crippen molar-refractivity contribution in [2.24, 2.45) is 0 Å². The summed E-state index contributed by atoms with van der Waals surface area (Å²) in [6.45, 7) is 3.14. The molecule has 1 aromatic heterocycles. The highest BCUT2D eigenvalue weighted by Gasteiger charge is 2.42. The SMILES string of the molecule is Cc1cc(C)nc(C(F)(F)C(=O)O)c1. The molecular weight excluding hydrogens is 192 g/mol. The molecule has 0 bridgehead atoms. The number of carboxylic acids is 1. The van der Waals surface area contributed by atoms with Crippen molar-refractivity contribution < 1.29 is 18.7 Å². The summed E-state index contributed by atoms with van der Waals surface area (Å²) < 4.78 is 26.0. The number of halogens is 2. The molecule has 5 heteroatoms. The summed E-state index contributed by atoms with van der Waals surface area (Å²) in [4.78, 5) is 13.8. The van der Waals surface area contributed by atoms with E-state index in [1.54, 1.807) is 13.0 Å². The fourth-order valence-electron chi connectivity index (χ4n) is 1.11. The van der Waals surface area contributed by atoms with Crippen LogP contribution in [0, 0.1) is 13.8 Å². The van der Waals surface area contributed by atoms with Crippen molar-refractivity contribution in [1.82, 2.24) is 4.98 Å². The van der Waals surface area contributed by atoms with Crippen molar-refractivity contribution in [2.75, 3.05) is 0 Å². The monoisotopic (exact) mass is 201 g/mol. The van der Waals surface area contributed by atoms with E-state index in [1.807, 2.05) is 0 Å². The van der Waals surface area contributed by atoms with Gasteiger partial charge in [-0.3, -0.25) is 4.98 Å². The van der Waals surface area contributed by atoms with Crippen LogP contribution in [0.3, 0.4) is 0 Å². The number of aromatic nitrogens is 1. The third-order valence-corrected chi connectivity index (χ3v) is 1.69. The van der Waals surface area contributed by atoms with Crippen LogP contribution in [0.25, 0.3) is 0 Å². The maximum atomic E-state index is 13.0. The summed E-state index contributed by atoms with van der Waals surface area (Å²) in [6.07, 6.45) is 0. The second kappa shape index (κ2) is 3.32. The van der Waals surface area contributed by atoms with E-state index in [4.69, 9.17) is 5.11 Å². The van der Waals surface area contributed by atoms with E-state index in [9.17, 15) is 13.6 Å². The Hall–Kier alpha value is -1.52. The van der Waals surface area contributed by atoms with Crippen LogP contribution in [0.1, 0.15) is 17.0 Å².